The molecule has 3 unspecified atom stereocenters. The topological polar surface area (TPSA) is 143 Å². The van der Waals surface area contributed by atoms with E-state index in [1.165, 1.54) is 6.21 Å². The minimum absolute atomic E-state index is 0.0277. The molecule has 1 aromatic heterocycles. The molecule has 4 N–H and O–H groups in total. The van der Waals surface area contributed by atoms with E-state index < -0.39 is 23.1 Å². The van der Waals surface area contributed by atoms with Gasteiger partial charge in [-0.25, -0.2) is 9.79 Å². The van der Waals surface area contributed by atoms with Crippen molar-refractivity contribution in [3.05, 3.63) is 27.5 Å². The van der Waals surface area contributed by atoms with Gasteiger partial charge in [0.05, 0.1) is 24.9 Å². The van der Waals surface area contributed by atoms with Crippen molar-refractivity contribution >= 4 is 23.7 Å². The Morgan fingerprint density at radius 2 is 2.00 bits per heavy atom. The fourth-order valence-corrected chi connectivity index (χ4v) is 9.13. The molecule has 0 amide bonds. The van der Waals surface area contributed by atoms with Crippen molar-refractivity contribution in [1.29, 1.82) is 5.41 Å². The predicted molar refractivity (Wildman–Crippen MR) is 179 cm³/mol. The van der Waals surface area contributed by atoms with Crippen LogP contribution in [0.25, 0.3) is 0 Å². The number of aliphatic hydroxyl groups is 1. The van der Waals surface area contributed by atoms with Crippen molar-refractivity contribution in [2.45, 2.75) is 122 Å². The summed E-state index contributed by atoms with van der Waals surface area (Å²) in [6.45, 7) is 7.57. The highest BCUT2D eigenvalue weighted by atomic mass is 16.5. The number of amidine groups is 1. The molecular weight excluding hydrogens is 584 g/mol. The first-order valence-corrected chi connectivity index (χ1v) is 17.7. The van der Waals surface area contributed by atoms with Crippen LogP contribution in [0, 0.1) is 28.6 Å². The van der Waals surface area contributed by atoms with Crippen molar-refractivity contribution in [1.82, 2.24) is 14.5 Å². The van der Waals surface area contributed by atoms with E-state index in [-0.39, 0.29) is 41.0 Å². The SMILES string of the molecule is CC[C@@H](CC[C@H](CC)[C@H](C)OC1N=C(/C(O)=C2\CCC[C@@]3(CCCCC3=O)C2C=N)Nc2c1n(C)c(=O)n2[C@@]12COCC1C2)NC. The number of nitrogens with one attached hydrogen (secondary N) is 3. The second-order valence-corrected chi connectivity index (χ2v) is 14.5. The van der Waals surface area contributed by atoms with Crippen molar-refractivity contribution in [2.24, 2.45) is 35.2 Å². The van der Waals surface area contributed by atoms with Crippen LogP contribution in [0.2, 0.25) is 0 Å². The highest BCUT2D eigenvalue weighted by Crippen LogP contribution is 2.56. The molecule has 4 fully saturated rings. The number of ketones is 1. The summed E-state index contributed by atoms with van der Waals surface area (Å²) in [5.74, 6) is 1.10. The Morgan fingerprint density at radius 1 is 1.22 bits per heavy atom. The van der Waals surface area contributed by atoms with E-state index in [0.29, 0.717) is 49.2 Å². The third kappa shape index (κ3) is 5.40. The van der Waals surface area contributed by atoms with Gasteiger partial charge in [0.25, 0.3) is 0 Å². The zero-order valence-corrected chi connectivity index (χ0v) is 28.4. The van der Waals surface area contributed by atoms with E-state index in [1.54, 1.807) is 11.6 Å². The van der Waals surface area contributed by atoms with E-state index in [0.717, 1.165) is 64.2 Å². The molecule has 5 aliphatic rings. The lowest BCUT2D eigenvalue weighted by atomic mass is 9.57. The number of aliphatic imine (C=N–C) groups is 1. The molecule has 0 aromatic carbocycles. The number of aliphatic hydroxyl groups excluding tert-OH is 1. The molecule has 3 saturated carbocycles. The number of fused-ring (bicyclic) bond motifs is 2. The van der Waals surface area contributed by atoms with Crippen LogP contribution in [0.1, 0.15) is 110 Å². The molecule has 254 valence electrons. The Morgan fingerprint density at radius 3 is 2.63 bits per heavy atom. The Labute approximate surface area is 272 Å². The largest absolute Gasteiger partial charge is 0.504 e. The number of rotatable bonds is 12. The number of nitrogens with zero attached hydrogens (tertiary/aromatic N) is 3. The maximum Gasteiger partial charge on any atom is 0.330 e. The van der Waals surface area contributed by atoms with Crippen LogP contribution in [0.15, 0.2) is 21.1 Å². The Kier molecular flexibility index (Phi) is 9.39. The molecule has 1 saturated heterocycles. The summed E-state index contributed by atoms with van der Waals surface area (Å²) >= 11 is 0. The fraction of sp³-hybridized carbons (Fsp3) is 0.771. The molecule has 1 spiro atoms. The molecule has 6 rings (SSSR count). The number of imidazole rings is 1. The number of Topliss-reactive ketones (excluding diaryl/α,β-unsaturated/α-hetero) is 1. The standard InChI is InChI=1S/C35H54N6O5/c1-6-22(13-14-24(7-2)37-4)21(3)46-32-28-31(41(33(44)40(28)5)35-17-23(35)19-45-20-35)38-30(39-32)29(43)25-11-10-16-34(26(25)18-36)15-9-8-12-27(34)42/h18,21-24,26,32,36-37,43H,6-17,19-20H2,1-5H3,(H,38,39)/b29-25-,36-18?/t21-,22-,23?,24-,26?,32?,34-,35-/m0/s1. The number of anilines is 1. The molecule has 2 aliphatic heterocycles. The number of carbonyl (C=O) groups excluding carboxylic acids is 1. The summed E-state index contributed by atoms with van der Waals surface area (Å²) in [6.07, 6.45) is 10.5. The second kappa shape index (κ2) is 13.0. The fourth-order valence-electron chi connectivity index (χ4n) is 9.13. The normalized spacial score (nSPS) is 33.5. The highest BCUT2D eigenvalue weighted by molar-refractivity contribution is 6.08. The van der Waals surface area contributed by atoms with Gasteiger partial charge in [-0.3, -0.25) is 13.9 Å². The van der Waals surface area contributed by atoms with Gasteiger partial charge in [0.2, 0.25) is 0 Å². The van der Waals surface area contributed by atoms with Crippen LogP contribution < -0.4 is 16.3 Å². The summed E-state index contributed by atoms with van der Waals surface area (Å²) in [6, 6.07) is 0.450. The zero-order valence-electron chi connectivity index (χ0n) is 28.4. The molecule has 8 atom stereocenters. The predicted octanol–water partition coefficient (Wildman–Crippen LogP) is 5.36. The Balaban J connectivity index is 1.39. The lowest BCUT2D eigenvalue weighted by molar-refractivity contribution is -0.134. The van der Waals surface area contributed by atoms with Gasteiger partial charge in [0.15, 0.2) is 17.8 Å². The minimum Gasteiger partial charge on any atom is -0.504 e. The zero-order chi connectivity index (χ0) is 32.8. The van der Waals surface area contributed by atoms with Gasteiger partial charge in [0.1, 0.15) is 17.3 Å². The third-order valence-corrected chi connectivity index (χ3v) is 12.2. The average molecular weight is 639 g/mol. The second-order valence-electron chi connectivity index (χ2n) is 14.5. The molecule has 11 heteroatoms. The summed E-state index contributed by atoms with van der Waals surface area (Å²) in [5.41, 5.74) is 0.127. The first-order valence-electron chi connectivity index (χ1n) is 17.7. The minimum atomic E-state index is -0.813. The van der Waals surface area contributed by atoms with Crippen LogP contribution in [0.5, 0.6) is 0 Å². The van der Waals surface area contributed by atoms with Gasteiger partial charge in [-0.1, -0.05) is 26.7 Å². The van der Waals surface area contributed by atoms with Crippen LogP contribution in [-0.2, 0) is 26.9 Å². The van der Waals surface area contributed by atoms with Gasteiger partial charge in [-0.15, -0.1) is 0 Å². The van der Waals surface area contributed by atoms with Gasteiger partial charge < -0.3 is 30.6 Å². The van der Waals surface area contributed by atoms with Crippen molar-refractivity contribution in [3.8, 4) is 0 Å². The number of ether oxygens (including phenoxy) is 2. The maximum absolute atomic E-state index is 13.9. The van der Waals surface area contributed by atoms with Crippen molar-refractivity contribution in [2.75, 3.05) is 25.6 Å². The third-order valence-electron chi connectivity index (χ3n) is 12.2. The number of allylic oxidation sites excluding steroid dienone is 1. The maximum atomic E-state index is 13.9. The van der Waals surface area contributed by atoms with Crippen LogP contribution in [0.3, 0.4) is 0 Å². The molecule has 0 radical (unpaired) electrons. The van der Waals surface area contributed by atoms with Gasteiger partial charge in [0, 0.05) is 43.0 Å². The van der Waals surface area contributed by atoms with E-state index in [1.807, 2.05) is 11.6 Å². The van der Waals surface area contributed by atoms with Crippen LogP contribution in [-0.4, -0.2) is 64.5 Å². The molecule has 1 aromatic rings. The Bertz CT molecular complexity index is 1450. The molecule has 3 heterocycles. The molecular formula is C35H54N6O5. The lowest BCUT2D eigenvalue weighted by Gasteiger charge is -2.45. The molecule has 46 heavy (non-hydrogen) atoms. The number of carbonyl (C=O) groups is 1. The quantitative estimate of drug-likeness (QED) is 0.178. The van der Waals surface area contributed by atoms with E-state index in [4.69, 9.17) is 19.9 Å². The summed E-state index contributed by atoms with van der Waals surface area (Å²) in [7, 11) is 3.78. The van der Waals surface area contributed by atoms with Crippen LogP contribution in [0.4, 0.5) is 5.82 Å². The number of hydrogen-bond donors (Lipinski definition) is 4. The van der Waals surface area contributed by atoms with E-state index in [2.05, 4.69) is 31.4 Å². The lowest BCUT2D eigenvalue weighted by Crippen LogP contribution is -2.45. The van der Waals surface area contributed by atoms with E-state index in [9.17, 15) is 14.7 Å². The van der Waals surface area contributed by atoms with Gasteiger partial charge in [-0.2, -0.15) is 0 Å². The van der Waals surface area contributed by atoms with E-state index >= 15 is 0 Å². The summed E-state index contributed by atoms with van der Waals surface area (Å²) in [5, 5.41) is 27.3. The van der Waals surface area contributed by atoms with Gasteiger partial charge in [-0.05, 0) is 83.2 Å². The van der Waals surface area contributed by atoms with Gasteiger partial charge >= 0.3 is 5.69 Å². The first-order chi connectivity index (χ1) is 22.1. The summed E-state index contributed by atoms with van der Waals surface area (Å²) < 4.78 is 16.1. The van der Waals surface area contributed by atoms with Crippen molar-refractivity contribution in [3.63, 3.8) is 0 Å². The Hall–Kier alpha value is -2.76. The molecule has 3 aliphatic carbocycles. The summed E-state index contributed by atoms with van der Waals surface area (Å²) in [4.78, 5) is 32.3. The number of hydrogen-bond acceptors (Lipinski definition) is 9. The number of aromatic nitrogens is 2. The first kappa shape index (κ1) is 33.2. The average Bonchev–Trinajstić information content (AvgIpc) is 3.49. The highest BCUT2D eigenvalue weighted by Gasteiger charge is 2.62. The van der Waals surface area contributed by atoms with Crippen molar-refractivity contribution < 1.29 is 19.4 Å². The monoisotopic (exact) mass is 638 g/mol. The molecule has 11 nitrogen and oxygen atoms in total. The smallest absolute Gasteiger partial charge is 0.330 e. The molecule has 0 bridgehead atoms. The van der Waals surface area contributed by atoms with Crippen LogP contribution >= 0.6 is 0 Å².